The van der Waals surface area contributed by atoms with Gasteiger partial charge in [0, 0.05) is 17.5 Å². The first kappa shape index (κ1) is 16.6. The third kappa shape index (κ3) is 2.36. The molecule has 1 saturated carbocycles. The molecule has 3 N–H and O–H groups in total. The van der Waals surface area contributed by atoms with Crippen LogP contribution >= 0.6 is 0 Å². The van der Waals surface area contributed by atoms with Crippen LogP contribution in [0.5, 0.6) is 11.6 Å². The second kappa shape index (κ2) is 5.55. The fourth-order valence-electron chi connectivity index (χ4n) is 3.89. The van der Waals surface area contributed by atoms with Gasteiger partial charge in [0.1, 0.15) is 18.0 Å². The average molecular weight is 359 g/mol. The SMILES string of the molecule is COc1cc2c(OC[C@H]3NC(=O)[C@H]4[C@@H]3[C@@]4(C)F)nccc2cc1C(N)=O. The van der Waals surface area contributed by atoms with Gasteiger partial charge in [-0.25, -0.2) is 9.37 Å². The fraction of sp³-hybridized carbons (Fsp3) is 0.389. The molecule has 2 heterocycles. The first-order valence-corrected chi connectivity index (χ1v) is 8.23. The van der Waals surface area contributed by atoms with Crippen molar-refractivity contribution in [2.24, 2.45) is 17.6 Å². The van der Waals surface area contributed by atoms with E-state index in [1.807, 2.05) is 0 Å². The number of benzene rings is 1. The largest absolute Gasteiger partial charge is 0.496 e. The Kier molecular flexibility index (Phi) is 3.54. The Balaban J connectivity index is 1.61. The molecule has 2 amide bonds. The molecule has 1 aromatic carbocycles. The van der Waals surface area contributed by atoms with Gasteiger partial charge in [-0.05, 0) is 30.5 Å². The molecule has 1 saturated heterocycles. The molecule has 26 heavy (non-hydrogen) atoms. The van der Waals surface area contributed by atoms with E-state index in [2.05, 4.69) is 10.3 Å². The van der Waals surface area contributed by atoms with E-state index in [0.717, 1.165) is 0 Å². The third-order valence-electron chi connectivity index (χ3n) is 5.27. The van der Waals surface area contributed by atoms with Gasteiger partial charge in [0.05, 0.1) is 24.6 Å². The molecular formula is C18H18FN3O4. The first-order chi connectivity index (χ1) is 12.3. The lowest BCUT2D eigenvalue weighted by molar-refractivity contribution is -0.122. The van der Waals surface area contributed by atoms with Gasteiger partial charge in [-0.2, -0.15) is 0 Å². The summed E-state index contributed by atoms with van der Waals surface area (Å²) in [6.45, 7) is 1.55. The van der Waals surface area contributed by atoms with Gasteiger partial charge >= 0.3 is 0 Å². The van der Waals surface area contributed by atoms with Crippen LogP contribution in [-0.2, 0) is 4.79 Å². The van der Waals surface area contributed by atoms with Crippen LogP contribution in [0.15, 0.2) is 24.4 Å². The Morgan fingerprint density at radius 3 is 2.85 bits per heavy atom. The number of alkyl halides is 1. The molecule has 2 aliphatic rings. The summed E-state index contributed by atoms with van der Waals surface area (Å²) in [6, 6.07) is 4.56. The number of hydrogen-bond donors (Lipinski definition) is 2. The van der Waals surface area contributed by atoms with Gasteiger partial charge < -0.3 is 20.5 Å². The zero-order valence-corrected chi connectivity index (χ0v) is 14.3. The standard InChI is InChI=1S/C18H18FN3O4/c1-18(19)13-11(22-16(24)14(13)18)7-26-17-9-6-12(25-2)10(15(20)23)5-8(9)3-4-21-17/h3-6,11,13-14H,7H2,1-2H3,(H2,20,23)(H,22,24)/t11-,13-,14-,18-/m1/s1. The number of fused-ring (bicyclic) bond motifs is 2. The molecule has 2 aromatic rings. The Hall–Kier alpha value is -2.90. The number of hydrogen-bond acceptors (Lipinski definition) is 5. The minimum absolute atomic E-state index is 0.110. The van der Waals surface area contributed by atoms with Crippen LogP contribution in [0.25, 0.3) is 10.8 Å². The van der Waals surface area contributed by atoms with Gasteiger partial charge in [-0.3, -0.25) is 9.59 Å². The summed E-state index contributed by atoms with van der Waals surface area (Å²) < 4.78 is 25.2. The molecule has 4 rings (SSSR count). The number of piperidine rings is 1. The molecule has 1 aliphatic heterocycles. The van der Waals surface area contributed by atoms with Crippen LogP contribution in [0.3, 0.4) is 0 Å². The molecule has 0 radical (unpaired) electrons. The number of primary amides is 1. The molecule has 4 atom stereocenters. The number of pyridine rings is 1. The Morgan fingerprint density at radius 2 is 2.23 bits per heavy atom. The summed E-state index contributed by atoms with van der Waals surface area (Å²) in [7, 11) is 1.44. The average Bonchev–Trinajstić information content (AvgIpc) is 3.00. The topological polar surface area (TPSA) is 104 Å². The van der Waals surface area contributed by atoms with Crippen LogP contribution in [0.1, 0.15) is 17.3 Å². The molecule has 136 valence electrons. The van der Waals surface area contributed by atoms with Crippen molar-refractivity contribution in [2.75, 3.05) is 13.7 Å². The van der Waals surface area contributed by atoms with Gasteiger partial charge in [0.15, 0.2) is 0 Å². The first-order valence-electron chi connectivity index (χ1n) is 8.23. The van der Waals surface area contributed by atoms with Crippen molar-refractivity contribution in [1.29, 1.82) is 0 Å². The lowest BCUT2D eigenvalue weighted by Crippen LogP contribution is -2.39. The highest BCUT2D eigenvalue weighted by Crippen LogP contribution is 2.58. The van der Waals surface area contributed by atoms with Crippen molar-refractivity contribution in [2.45, 2.75) is 18.6 Å². The minimum atomic E-state index is -1.47. The van der Waals surface area contributed by atoms with Crippen LogP contribution in [0.4, 0.5) is 4.39 Å². The van der Waals surface area contributed by atoms with Crippen molar-refractivity contribution in [3.8, 4) is 11.6 Å². The molecule has 1 aromatic heterocycles. The Bertz CT molecular complexity index is 930. The van der Waals surface area contributed by atoms with E-state index in [9.17, 15) is 14.0 Å². The van der Waals surface area contributed by atoms with Crippen LogP contribution in [-0.4, -0.2) is 42.2 Å². The van der Waals surface area contributed by atoms with E-state index in [1.165, 1.54) is 14.0 Å². The lowest BCUT2D eigenvalue weighted by Gasteiger charge is -2.18. The lowest BCUT2D eigenvalue weighted by atomic mass is 10.1. The van der Waals surface area contributed by atoms with Crippen LogP contribution < -0.4 is 20.5 Å². The molecule has 0 unspecified atom stereocenters. The van der Waals surface area contributed by atoms with Gasteiger partial charge in [0.25, 0.3) is 5.91 Å². The summed E-state index contributed by atoms with van der Waals surface area (Å²) in [4.78, 5) is 27.5. The highest BCUT2D eigenvalue weighted by Gasteiger charge is 2.73. The number of amides is 2. The van der Waals surface area contributed by atoms with Crippen molar-refractivity contribution < 1.29 is 23.5 Å². The van der Waals surface area contributed by atoms with Crippen molar-refractivity contribution >= 4 is 22.6 Å². The fourth-order valence-corrected chi connectivity index (χ4v) is 3.89. The summed E-state index contributed by atoms with van der Waals surface area (Å²) >= 11 is 0. The predicted octanol–water partition coefficient (Wildman–Crippen LogP) is 1.19. The van der Waals surface area contributed by atoms with E-state index in [1.54, 1.807) is 24.4 Å². The Labute approximate surface area is 148 Å². The summed E-state index contributed by atoms with van der Waals surface area (Å²) in [6.07, 6.45) is 1.54. The predicted molar refractivity (Wildman–Crippen MR) is 90.7 cm³/mol. The number of carbonyl (C=O) groups excluding carboxylic acids is 2. The maximum atomic E-state index is 14.2. The van der Waals surface area contributed by atoms with Crippen molar-refractivity contribution in [1.82, 2.24) is 10.3 Å². The van der Waals surface area contributed by atoms with E-state index in [0.29, 0.717) is 22.4 Å². The monoisotopic (exact) mass is 359 g/mol. The molecule has 0 bridgehead atoms. The maximum absolute atomic E-state index is 14.2. The molecule has 7 nitrogen and oxygen atoms in total. The number of halogens is 1. The zero-order chi connectivity index (χ0) is 18.6. The van der Waals surface area contributed by atoms with Crippen LogP contribution in [0, 0.1) is 11.8 Å². The number of carbonyl (C=O) groups is 2. The quantitative estimate of drug-likeness (QED) is 0.835. The summed E-state index contributed by atoms with van der Waals surface area (Å²) in [5.74, 6) is -1.20. The van der Waals surface area contributed by atoms with Gasteiger partial charge in [-0.15, -0.1) is 0 Å². The van der Waals surface area contributed by atoms with Gasteiger partial charge in [-0.1, -0.05) is 0 Å². The van der Waals surface area contributed by atoms with E-state index in [-0.39, 0.29) is 24.0 Å². The normalized spacial score (nSPS) is 29.2. The summed E-state index contributed by atoms with van der Waals surface area (Å²) in [5, 5.41) is 4.10. The number of methoxy groups -OCH3 is 1. The summed E-state index contributed by atoms with van der Waals surface area (Å²) in [5.41, 5.74) is 4.17. The van der Waals surface area contributed by atoms with Gasteiger partial charge in [0.2, 0.25) is 11.8 Å². The van der Waals surface area contributed by atoms with Crippen LogP contribution in [0.2, 0.25) is 0 Å². The number of aromatic nitrogens is 1. The second-order valence-corrected chi connectivity index (χ2v) is 6.83. The molecule has 0 spiro atoms. The number of nitrogens with one attached hydrogen (secondary N) is 1. The molecule has 2 fully saturated rings. The molecular weight excluding hydrogens is 341 g/mol. The smallest absolute Gasteiger partial charge is 0.252 e. The molecule has 1 aliphatic carbocycles. The van der Waals surface area contributed by atoms with Crippen molar-refractivity contribution in [3.05, 3.63) is 30.0 Å². The number of rotatable bonds is 5. The van der Waals surface area contributed by atoms with E-state index in [4.69, 9.17) is 15.2 Å². The van der Waals surface area contributed by atoms with E-state index >= 15 is 0 Å². The minimum Gasteiger partial charge on any atom is -0.496 e. The Morgan fingerprint density at radius 1 is 1.46 bits per heavy atom. The molecule has 8 heteroatoms. The highest BCUT2D eigenvalue weighted by molar-refractivity contribution is 6.01. The third-order valence-corrected chi connectivity index (χ3v) is 5.27. The highest BCUT2D eigenvalue weighted by atomic mass is 19.1. The maximum Gasteiger partial charge on any atom is 0.252 e. The zero-order valence-electron chi connectivity index (χ0n) is 14.3. The van der Waals surface area contributed by atoms with E-state index < -0.39 is 23.5 Å². The van der Waals surface area contributed by atoms with Crippen molar-refractivity contribution in [3.63, 3.8) is 0 Å². The number of nitrogens with zero attached hydrogens (tertiary/aromatic N) is 1. The number of ether oxygens (including phenoxy) is 2. The second-order valence-electron chi connectivity index (χ2n) is 6.83. The number of nitrogens with two attached hydrogens (primary N) is 1.